The van der Waals surface area contributed by atoms with E-state index >= 15 is 0 Å². The molecular weight excluding hydrogens is 168 g/mol. The van der Waals surface area contributed by atoms with Gasteiger partial charge in [0.25, 0.3) is 0 Å². The monoisotopic (exact) mass is 180 g/mol. The van der Waals surface area contributed by atoms with Gasteiger partial charge in [-0.1, -0.05) is 19.1 Å². The fourth-order valence-electron chi connectivity index (χ4n) is 1.15. The molecule has 0 aliphatic rings. The summed E-state index contributed by atoms with van der Waals surface area (Å²) in [6.45, 7) is 1.91. The standard InChI is InChI=1S/C10H12O3/c1-3-7-5-4-6-8(9(7)11)10(12)13-2/h4-6,11H,3H2,1-2H3. The Morgan fingerprint density at radius 2 is 2.23 bits per heavy atom. The van der Waals surface area contributed by atoms with Gasteiger partial charge in [-0.15, -0.1) is 0 Å². The third-order valence-electron chi connectivity index (χ3n) is 1.91. The van der Waals surface area contributed by atoms with Gasteiger partial charge in [0, 0.05) is 0 Å². The predicted molar refractivity (Wildman–Crippen MR) is 48.8 cm³/mol. The van der Waals surface area contributed by atoms with Crippen molar-refractivity contribution in [1.82, 2.24) is 0 Å². The molecule has 3 nitrogen and oxygen atoms in total. The summed E-state index contributed by atoms with van der Waals surface area (Å²) in [7, 11) is 1.29. The van der Waals surface area contributed by atoms with E-state index < -0.39 is 5.97 Å². The third-order valence-corrected chi connectivity index (χ3v) is 1.91. The first-order valence-electron chi connectivity index (χ1n) is 4.09. The van der Waals surface area contributed by atoms with Gasteiger partial charge in [0.05, 0.1) is 7.11 Å². The van der Waals surface area contributed by atoms with E-state index in [0.29, 0.717) is 6.42 Å². The van der Waals surface area contributed by atoms with Crippen LogP contribution >= 0.6 is 0 Å². The number of para-hydroxylation sites is 1. The average Bonchev–Trinajstić information content (AvgIpc) is 2.17. The van der Waals surface area contributed by atoms with Crippen LogP contribution in [0, 0.1) is 0 Å². The van der Waals surface area contributed by atoms with Crippen LogP contribution in [0.25, 0.3) is 0 Å². The van der Waals surface area contributed by atoms with E-state index in [2.05, 4.69) is 4.74 Å². The smallest absolute Gasteiger partial charge is 0.341 e. The number of hydrogen-bond donors (Lipinski definition) is 1. The van der Waals surface area contributed by atoms with Crippen LogP contribution in [0.1, 0.15) is 22.8 Å². The Morgan fingerprint density at radius 3 is 2.77 bits per heavy atom. The molecule has 70 valence electrons. The summed E-state index contributed by atoms with van der Waals surface area (Å²) in [5.41, 5.74) is 0.977. The van der Waals surface area contributed by atoms with Gasteiger partial charge in [-0.05, 0) is 18.1 Å². The highest BCUT2D eigenvalue weighted by atomic mass is 16.5. The van der Waals surface area contributed by atoms with Crippen LogP contribution in [0.4, 0.5) is 0 Å². The molecule has 1 N–H and O–H groups in total. The molecule has 1 aromatic carbocycles. The van der Waals surface area contributed by atoms with Gasteiger partial charge in [-0.2, -0.15) is 0 Å². The second-order valence-electron chi connectivity index (χ2n) is 2.66. The van der Waals surface area contributed by atoms with Crippen molar-refractivity contribution >= 4 is 5.97 Å². The molecular formula is C10H12O3. The number of hydrogen-bond acceptors (Lipinski definition) is 3. The maximum absolute atomic E-state index is 11.1. The molecule has 0 spiro atoms. The summed E-state index contributed by atoms with van der Waals surface area (Å²) in [6, 6.07) is 5.05. The Morgan fingerprint density at radius 1 is 1.54 bits per heavy atom. The molecule has 0 heterocycles. The average molecular weight is 180 g/mol. The van der Waals surface area contributed by atoms with Crippen molar-refractivity contribution in [2.45, 2.75) is 13.3 Å². The van der Waals surface area contributed by atoms with E-state index in [1.165, 1.54) is 7.11 Å². The van der Waals surface area contributed by atoms with Crippen molar-refractivity contribution < 1.29 is 14.6 Å². The number of benzene rings is 1. The van der Waals surface area contributed by atoms with Gasteiger partial charge in [0.15, 0.2) is 0 Å². The molecule has 0 amide bonds. The number of aromatic hydroxyl groups is 1. The van der Waals surface area contributed by atoms with Crippen LogP contribution in [0.5, 0.6) is 5.75 Å². The number of carbonyl (C=O) groups excluding carboxylic acids is 1. The zero-order chi connectivity index (χ0) is 9.84. The number of rotatable bonds is 2. The molecule has 0 saturated heterocycles. The van der Waals surface area contributed by atoms with Crippen LogP contribution in [0.15, 0.2) is 18.2 Å². The summed E-state index contributed by atoms with van der Waals surface area (Å²) in [6.07, 6.45) is 0.691. The number of phenols is 1. The Labute approximate surface area is 77.0 Å². The second kappa shape index (κ2) is 3.94. The van der Waals surface area contributed by atoms with Crippen molar-refractivity contribution in [3.05, 3.63) is 29.3 Å². The first-order chi connectivity index (χ1) is 6.20. The first-order valence-corrected chi connectivity index (χ1v) is 4.09. The van der Waals surface area contributed by atoms with Gasteiger partial charge in [0.1, 0.15) is 11.3 Å². The van der Waals surface area contributed by atoms with Crippen LogP contribution < -0.4 is 0 Å². The van der Waals surface area contributed by atoms with E-state index in [-0.39, 0.29) is 11.3 Å². The normalized spacial score (nSPS) is 9.69. The Kier molecular flexibility index (Phi) is 2.90. The Balaban J connectivity index is 3.15. The summed E-state index contributed by atoms with van der Waals surface area (Å²) in [5, 5.41) is 9.59. The summed E-state index contributed by atoms with van der Waals surface area (Å²) < 4.78 is 4.52. The molecule has 0 radical (unpaired) electrons. The quantitative estimate of drug-likeness (QED) is 0.705. The number of esters is 1. The molecule has 0 fully saturated rings. The second-order valence-corrected chi connectivity index (χ2v) is 2.66. The number of ether oxygens (including phenoxy) is 1. The molecule has 1 rings (SSSR count). The van der Waals surface area contributed by atoms with E-state index in [9.17, 15) is 9.90 Å². The van der Waals surface area contributed by atoms with Crippen LogP contribution in [-0.2, 0) is 11.2 Å². The summed E-state index contributed by atoms with van der Waals surface area (Å²) in [4.78, 5) is 11.1. The van der Waals surface area contributed by atoms with Gasteiger partial charge in [-0.3, -0.25) is 0 Å². The minimum absolute atomic E-state index is 0.0249. The molecule has 0 aliphatic carbocycles. The number of carbonyl (C=O) groups is 1. The largest absolute Gasteiger partial charge is 0.507 e. The first kappa shape index (κ1) is 9.58. The number of methoxy groups -OCH3 is 1. The maximum Gasteiger partial charge on any atom is 0.341 e. The molecule has 1 aromatic rings. The van der Waals surface area contributed by atoms with Crippen molar-refractivity contribution in [3.8, 4) is 5.75 Å². The van der Waals surface area contributed by atoms with E-state index in [1.54, 1.807) is 18.2 Å². The highest BCUT2D eigenvalue weighted by Crippen LogP contribution is 2.23. The van der Waals surface area contributed by atoms with Crippen LogP contribution in [0.2, 0.25) is 0 Å². The lowest BCUT2D eigenvalue weighted by Crippen LogP contribution is -2.02. The van der Waals surface area contributed by atoms with Gasteiger partial charge < -0.3 is 9.84 Å². The maximum atomic E-state index is 11.1. The summed E-state index contributed by atoms with van der Waals surface area (Å²) in [5.74, 6) is -0.482. The van der Waals surface area contributed by atoms with Gasteiger partial charge >= 0.3 is 5.97 Å². The Hall–Kier alpha value is -1.51. The lowest BCUT2D eigenvalue weighted by Gasteiger charge is -2.05. The lowest BCUT2D eigenvalue weighted by molar-refractivity contribution is 0.0597. The fraction of sp³-hybridized carbons (Fsp3) is 0.300. The SMILES string of the molecule is CCc1cccc(C(=O)OC)c1O. The Bertz CT molecular complexity index is 318. The van der Waals surface area contributed by atoms with Crippen molar-refractivity contribution in [1.29, 1.82) is 0 Å². The molecule has 0 unspecified atom stereocenters. The summed E-state index contributed by atoms with van der Waals surface area (Å²) >= 11 is 0. The topological polar surface area (TPSA) is 46.5 Å². The minimum Gasteiger partial charge on any atom is -0.507 e. The highest BCUT2D eigenvalue weighted by Gasteiger charge is 2.12. The van der Waals surface area contributed by atoms with E-state index in [0.717, 1.165) is 5.56 Å². The van der Waals surface area contributed by atoms with Crippen molar-refractivity contribution in [2.24, 2.45) is 0 Å². The molecule has 0 aliphatic heterocycles. The van der Waals surface area contributed by atoms with Gasteiger partial charge in [-0.25, -0.2) is 4.79 Å². The minimum atomic E-state index is -0.507. The van der Waals surface area contributed by atoms with Crippen LogP contribution in [-0.4, -0.2) is 18.2 Å². The molecule has 0 atom stereocenters. The molecule has 13 heavy (non-hydrogen) atoms. The predicted octanol–water partition coefficient (Wildman–Crippen LogP) is 1.74. The van der Waals surface area contributed by atoms with Crippen molar-refractivity contribution in [2.75, 3.05) is 7.11 Å². The zero-order valence-electron chi connectivity index (χ0n) is 7.70. The fourth-order valence-corrected chi connectivity index (χ4v) is 1.15. The highest BCUT2D eigenvalue weighted by molar-refractivity contribution is 5.92. The lowest BCUT2D eigenvalue weighted by atomic mass is 10.1. The van der Waals surface area contributed by atoms with Crippen LogP contribution in [0.3, 0.4) is 0 Å². The molecule has 0 aromatic heterocycles. The third kappa shape index (κ3) is 1.80. The number of phenolic OH excluding ortho intramolecular Hbond substituents is 1. The zero-order valence-corrected chi connectivity index (χ0v) is 7.70. The molecule has 0 saturated carbocycles. The molecule has 0 bridgehead atoms. The van der Waals surface area contributed by atoms with E-state index in [1.807, 2.05) is 6.92 Å². The van der Waals surface area contributed by atoms with Gasteiger partial charge in [0.2, 0.25) is 0 Å². The van der Waals surface area contributed by atoms with Crippen molar-refractivity contribution in [3.63, 3.8) is 0 Å². The molecule has 3 heteroatoms. The van der Waals surface area contributed by atoms with E-state index in [4.69, 9.17) is 0 Å². The number of aryl methyl sites for hydroxylation is 1.